The number of piperazine rings is 1. The Hall–Kier alpha value is -5.22. The topological polar surface area (TPSA) is 215 Å². The number of hydrogen-bond acceptors (Lipinski definition) is 8. The zero-order chi connectivity index (χ0) is 33.2. The summed E-state index contributed by atoms with van der Waals surface area (Å²) in [4.78, 5) is 78.0. The molecule has 0 spiro atoms. The summed E-state index contributed by atoms with van der Waals surface area (Å²) in [7, 11) is 0. The highest BCUT2D eigenvalue weighted by molar-refractivity contribution is 5.97. The number of benzene rings is 1. The molecular weight excluding hydrogens is 609 g/mol. The lowest BCUT2D eigenvalue weighted by Crippen LogP contribution is -2.55. The second-order valence-electron chi connectivity index (χ2n) is 10.7. The van der Waals surface area contributed by atoms with Crippen molar-refractivity contribution in [3.63, 3.8) is 0 Å². The maximum absolute atomic E-state index is 13.2. The van der Waals surface area contributed by atoms with Crippen LogP contribution in [0.2, 0.25) is 0 Å². The first-order valence-corrected chi connectivity index (χ1v) is 14.8. The molecule has 1 aromatic carbocycles. The summed E-state index contributed by atoms with van der Waals surface area (Å²) < 4.78 is 18.3. The number of aliphatic carboxylic acids is 1. The summed E-state index contributed by atoms with van der Waals surface area (Å²) in [6.07, 6.45) is -0.586. The predicted molar refractivity (Wildman–Crippen MR) is 158 cm³/mol. The predicted octanol–water partition coefficient (Wildman–Crippen LogP) is 0.318. The third-order valence-electron chi connectivity index (χ3n) is 7.72. The molecule has 2 saturated heterocycles. The Kier molecular flexibility index (Phi) is 11.5. The summed E-state index contributed by atoms with van der Waals surface area (Å²) in [6.45, 7) is -0.473. The lowest BCUT2D eigenvalue weighted by atomic mass is 10.1. The number of hydrogen-bond donors (Lipinski definition) is 5. The first kappa shape index (κ1) is 33.7. The summed E-state index contributed by atoms with van der Waals surface area (Å²) in [6, 6.07) is 6.19. The maximum Gasteiger partial charge on any atom is 0.407 e. The van der Waals surface area contributed by atoms with Gasteiger partial charge in [-0.25, -0.2) is 9.18 Å². The van der Waals surface area contributed by atoms with Crippen molar-refractivity contribution in [2.45, 2.75) is 37.8 Å². The molecule has 248 valence electrons. The van der Waals surface area contributed by atoms with Gasteiger partial charge < -0.3 is 40.3 Å². The van der Waals surface area contributed by atoms with E-state index in [0.29, 0.717) is 24.9 Å². The van der Waals surface area contributed by atoms with Crippen LogP contribution in [-0.2, 0) is 19.2 Å². The van der Waals surface area contributed by atoms with E-state index in [9.17, 15) is 38.3 Å². The van der Waals surface area contributed by atoms with E-state index in [0.717, 1.165) is 4.90 Å². The summed E-state index contributed by atoms with van der Waals surface area (Å²) >= 11 is 0. The Morgan fingerprint density at radius 2 is 1.76 bits per heavy atom. The number of amides is 5. The normalized spacial score (nSPS) is 16.9. The van der Waals surface area contributed by atoms with Gasteiger partial charge in [0.05, 0.1) is 5.69 Å². The second-order valence-corrected chi connectivity index (χ2v) is 10.7. The number of carboxylic acids is 1. The number of alkyl halides is 1. The number of nitrogens with zero attached hydrogens (tertiary/aromatic N) is 4. The first-order valence-electron chi connectivity index (χ1n) is 14.8. The van der Waals surface area contributed by atoms with Crippen molar-refractivity contribution in [2.24, 2.45) is 0 Å². The fraction of sp³-hybridized carbons (Fsp3) is 0.483. The van der Waals surface area contributed by atoms with Crippen molar-refractivity contribution >= 4 is 35.7 Å². The molecule has 5 amide bonds. The molecular formula is C29H36FN7O9. The zero-order valence-electron chi connectivity index (χ0n) is 24.9. The van der Waals surface area contributed by atoms with E-state index < -0.39 is 54.4 Å². The van der Waals surface area contributed by atoms with Gasteiger partial charge in [0.25, 0.3) is 11.8 Å². The molecule has 5 N–H and O–H groups in total. The number of likely N-dealkylation sites (tertiary alicyclic amines) is 1. The molecule has 0 aliphatic carbocycles. The Labute approximate surface area is 262 Å². The van der Waals surface area contributed by atoms with Gasteiger partial charge >= 0.3 is 12.1 Å². The molecule has 0 saturated carbocycles. The number of para-hydroxylation sites is 1. The van der Waals surface area contributed by atoms with Crippen molar-refractivity contribution in [1.82, 2.24) is 35.5 Å². The summed E-state index contributed by atoms with van der Waals surface area (Å²) in [5.41, 5.74) is 0.707. The van der Waals surface area contributed by atoms with Crippen molar-refractivity contribution in [2.75, 3.05) is 52.6 Å². The molecule has 0 bridgehead atoms. The smallest absolute Gasteiger partial charge is 0.407 e. The third kappa shape index (κ3) is 8.48. The van der Waals surface area contributed by atoms with E-state index in [4.69, 9.17) is 9.84 Å². The Morgan fingerprint density at radius 3 is 2.46 bits per heavy atom. The van der Waals surface area contributed by atoms with Crippen LogP contribution in [0.5, 0.6) is 5.75 Å². The van der Waals surface area contributed by atoms with Crippen LogP contribution in [0.1, 0.15) is 36.2 Å². The molecule has 0 radical (unpaired) electrons. The SMILES string of the molecule is O=C(O)CC[C@H](NC(=O)c1cc(-c2ccccc2OCC(=O)N2CCC[C@H]2C(=O)NCCF)n[nH]1)C(=O)N1CCN(C(=O)O)CC1. The van der Waals surface area contributed by atoms with Crippen molar-refractivity contribution in [3.05, 3.63) is 36.0 Å². The molecule has 2 fully saturated rings. The minimum absolute atomic E-state index is 0.0242. The molecule has 17 heteroatoms. The minimum atomic E-state index is -1.18. The van der Waals surface area contributed by atoms with Gasteiger partial charge in [0.15, 0.2) is 6.61 Å². The van der Waals surface area contributed by atoms with Gasteiger partial charge in [-0.15, -0.1) is 0 Å². The Bertz CT molecular complexity index is 1440. The number of carboxylic acid groups (broad SMARTS) is 2. The Balaban J connectivity index is 1.41. The van der Waals surface area contributed by atoms with Crippen molar-refractivity contribution in [1.29, 1.82) is 0 Å². The number of carbonyl (C=O) groups excluding carboxylic acids is 4. The maximum atomic E-state index is 13.2. The first-order chi connectivity index (χ1) is 22.1. The van der Waals surface area contributed by atoms with Crippen LogP contribution >= 0.6 is 0 Å². The fourth-order valence-electron chi connectivity index (χ4n) is 5.33. The van der Waals surface area contributed by atoms with Gasteiger partial charge in [0.1, 0.15) is 30.2 Å². The van der Waals surface area contributed by atoms with Crippen molar-refractivity contribution < 1.29 is 48.1 Å². The van der Waals surface area contributed by atoms with E-state index in [1.165, 1.54) is 15.9 Å². The second kappa shape index (κ2) is 15.7. The number of carbonyl (C=O) groups is 6. The minimum Gasteiger partial charge on any atom is -0.483 e. The van der Waals surface area contributed by atoms with Gasteiger partial charge in [-0.3, -0.25) is 29.1 Å². The van der Waals surface area contributed by atoms with E-state index in [1.54, 1.807) is 24.3 Å². The number of ether oxygens (including phenoxy) is 1. The summed E-state index contributed by atoms with van der Waals surface area (Å²) in [5, 5.41) is 30.2. The molecule has 46 heavy (non-hydrogen) atoms. The van der Waals surface area contributed by atoms with Gasteiger partial charge in [-0.1, -0.05) is 12.1 Å². The Morgan fingerprint density at radius 1 is 1.04 bits per heavy atom. The molecule has 2 aliphatic rings. The van der Waals surface area contributed by atoms with Crippen LogP contribution in [-0.4, -0.2) is 135 Å². The molecule has 4 rings (SSSR count). The van der Waals surface area contributed by atoms with E-state index in [1.807, 2.05) is 0 Å². The molecule has 3 heterocycles. The standard InChI is InChI=1S/C29H36FN7O9/c30-9-10-31-27(42)22-5-3-11-37(22)24(38)17-46-23-6-2-1-4-18(23)20-16-21(34-33-20)26(41)32-19(7-8-25(39)40)28(43)35-12-14-36(15-13-35)29(44)45/h1-2,4,6,16,19,22H,3,5,7-15,17H2,(H,31,42)(H,32,41)(H,33,34)(H,39,40)(H,44,45)/t19-,22-/m0/s1. The van der Waals surface area contributed by atoms with E-state index >= 15 is 0 Å². The molecule has 1 aromatic heterocycles. The van der Waals surface area contributed by atoms with Gasteiger partial charge in [-0.05, 0) is 37.5 Å². The monoisotopic (exact) mass is 645 g/mol. The van der Waals surface area contributed by atoms with Crippen LogP contribution in [0.25, 0.3) is 11.3 Å². The number of nitrogens with one attached hydrogen (secondary N) is 3. The number of halogens is 1. The van der Waals surface area contributed by atoms with E-state index in [-0.39, 0.29) is 69.3 Å². The van der Waals surface area contributed by atoms with Crippen LogP contribution in [0.3, 0.4) is 0 Å². The fourth-order valence-corrected chi connectivity index (χ4v) is 5.33. The van der Waals surface area contributed by atoms with Crippen LogP contribution in [0.4, 0.5) is 9.18 Å². The molecule has 0 unspecified atom stereocenters. The molecule has 16 nitrogen and oxygen atoms in total. The third-order valence-corrected chi connectivity index (χ3v) is 7.72. The van der Waals surface area contributed by atoms with Crippen LogP contribution in [0, 0.1) is 0 Å². The highest BCUT2D eigenvalue weighted by Gasteiger charge is 2.34. The largest absolute Gasteiger partial charge is 0.483 e. The molecule has 2 aliphatic heterocycles. The molecule has 2 atom stereocenters. The number of H-pyrrole nitrogens is 1. The lowest BCUT2D eigenvalue weighted by Gasteiger charge is -2.35. The number of aromatic amines is 1. The zero-order valence-corrected chi connectivity index (χ0v) is 24.9. The molecule has 2 aromatic rings. The number of rotatable bonds is 13. The van der Waals surface area contributed by atoms with Gasteiger partial charge in [-0.2, -0.15) is 5.10 Å². The average Bonchev–Trinajstić information content (AvgIpc) is 3.75. The van der Waals surface area contributed by atoms with E-state index in [2.05, 4.69) is 20.8 Å². The summed E-state index contributed by atoms with van der Waals surface area (Å²) in [5.74, 6) is -2.95. The average molecular weight is 646 g/mol. The highest BCUT2D eigenvalue weighted by atomic mass is 19.1. The van der Waals surface area contributed by atoms with Gasteiger partial charge in [0, 0.05) is 51.3 Å². The lowest BCUT2D eigenvalue weighted by molar-refractivity contribution is -0.140. The highest BCUT2D eigenvalue weighted by Crippen LogP contribution is 2.29. The van der Waals surface area contributed by atoms with Crippen molar-refractivity contribution in [3.8, 4) is 17.0 Å². The quantitative estimate of drug-likeness (QED) is 0.201. The van der Waals surface area contributed by atoms with Crippen LogP contribution < -0.4 is 15.4 Å². The van der Waals surface area contributed by atoms with Crippen LogP contribution in [0.15, 0.2) is 30.3 Å². The number of aromatic nitrogens is 2. The van der Waals surface area contributed by atoms with Gasteiger partial charge in [0.2, 0.25) is 11.8 Å².